The summed E-state index contributed by atoms with van der Waals surface area (Å²) >= 11 is -1.04. The first-order chi connectivity index (χ1) is 13.7. The molecule has 8 heteroatoms. The summed E-state index contributed by atoms with van der Waals surface area (Å²) in [6.45, 7) is 8.72. The minimum Gasteiger partial charge on any atom is -0.755 e. The third-order valence-corrected chi connectivity index (χ3v) is 6.11. The lowest BCUT2D eigenvalue weighted by Crippen LogP contribution is -2.07. The smallest absolute Gasteiger partial charge is 0.128 e. The molecule has 29 heavy (non-hydrogen) atoms. The Morgan fingerprint density at radius 2 is 2.03 bits per heavy atom. The number of nitrogens with zero attached hydrogens (tertiary/aromatic N) is 2. The number of benzene rings is 1. The fourth-order valence-electron chi connectivity index (χ4n) is 3.29. The van der Waals surface area contributed by atoms with Crippen LogP contribution in [0.3, 0.4) is 0 Å². The fraction of sp³-hybridized carbons (Fsp3) is 0.381. The van der Waals surface area contributed by atoms with E-state index in [9.17, 15) is 13.2 Å². The predicted octanol–water partition coefficient (Wildman–Crippen LogP) is 5.33. The molecule has 3 aromatic rings. The Labute approximate surface area is 177 Å². The van der Waals surface area contributed by atoms with Crippen LogP contribution in [0.5, 0.6) is 0 Å². The molecule has 0 aliphatic rings. The average Bonchev–Trinajstić information content (AvgIpc) is 3.22. The molecule has 0 amide bonds. The van der Waals surface area contributed by atoms with Gasteiger partial charge < -0.3 is 13.8 Å². The van der Waals surface area contributed by atoms with Crippen LogP contribution < -0.4 is 4.72 Å². The van der Waals surface area contributed by atoms with Crippen molar-refractivity contribution in [2.45, 2.75) is 46.6 Å². The minimum absolute atomic E-state index is 0.249. The third kappa shape index (κ3) is 5.32. The molecular formula is C21H25FN3O2S2-. The van der Waals surface area contributed by atoms with Crippen LogP contribution in [0.2, 0.25) is 0 Å². The molecule has 1 unspecified atom stereocenters. The van der Waals surface area contributed by atoms with Crippen molar-refractivity contribution in [1.29, 1.82) is 0 Å². The van der Waals surface area contributed by atoms with Crippen LogP contribution in [-0.2, 0) is 24.2 Å². The number of thiophene rings is 1. The van der Waals surface area contributed by atoms with E-state index in [1.807, 2.05) is 22.9 Å². The van der Waals surface area contributed by atoms with Gasteiger partial charge in [0.1, 0.15) is 16.6 Å². The monoisotopic (exact) mass is 434 g/mol. The van der Waals surface area contributed by atoms with Gasteiger partial charge in [-0.3, -0.25) is 4.21 Å². The van der Waals surface area contributed by atoms with Crippen LogP contribution in [0.25, 0.3) is 11.1 Å². The molecule has 2 aromatic heterocycles. The van der Waals surface area contributed by atoms with Gasteiger partial charge >= 0.3 is 0 Å². The van der Waals surface area contributed by atoms with Gasteiger partial charge in [-0.2, -0.15) is 0 Å². The summed E-state index contributed by atoms with van der Waals surface area (Å²) in [5.41, 5.74) is 1.92. The van der Waals surface area contributed by atoms with E-state index in [-0.39, 0.29) is 11.7 Å². The van der Waals surface area contributed by atoms with Gasteiger partial charge in [0, 0.05) is 45.6 Å². The lowest BCUT2D eigenvalue weighted by Gasteiger charge is -2.13. The second-order valence-corrected chi connectivity index (χ2v) is 9.57. The number of imidazole rings is 1. The molecule has 3 rings (SSSR count). The Bertz CT molecular complexity index is 1010. The zero-order valence-corrected chi connectivity index (χ0v) is 18.6. The topological polar surface area (TPSA) is 70.0 Å². The first kappa shape index (κ1) is 21.7. The molecule has 0 fully saturated rings. The molecule has 0 saturated carbocycles. The zero-order chi connectivity index (χ0) is 21.1. The SMILES string of the molecule is CC(C)Cc1cc(-c2ccc(Cn3ccnc3C(C)C)c(F)c2)c(NS(=O)[O-])s1. The van der Waals surface area contributed by atoms with Crippen LogP contribution in [0, 0.1) is 11.7 Å². The Balaban J connectivity index is 1.92. The maximum atomic E-state index is 14.9. The summed E-state index contributed by atoms with van der Waals surface area (Å²) in [7, 11) is 0. The van der Waals surface area contributed by atoms with Crippen LogP contribution in [-0.4, -0.2) is 18.3 Å². The van der Waals surface area contributed by atoms with E-state index in [1.165, 1.54) is 17.4 Å². The summed E-state index contributed by atoms with van der Waals surface area (Å²) < 4.78 is 41.7. The van der Waals surface area contributed by atoms with Gasteiger partial charge in [0.15, 0.2) is 0 Å². The molecule has 0 saturated heterocycles. The molecule has 0 radical (unpaired) electrons. The highest BCUT2D eigenvalue weighted by Gasteiger charge is 2.15. The molecule has 1 aromatic carbocycles. The lowest BCUT2D eigenvalue weighted by molar-refractivity contribution is 0.543. The average molecular weight is 435 g/mol. The summed E-state index contributed by atoms with van der Waals surface area (Å²) in [6.07, 6.45) is 4.42. The lowest BCUT2D eigenvalue weighted by atomic mass is 10.0. The van der Waals surface area contributed by atoms with Crippen LogP contribution >= 0.6 is 11.3 Å². The Hall–Kier alpha value is -2.03. The minimum atomic E-state index is -2.43. The second-order valence-electron chi connectivity index (χ2n) is 7.76. The van der Waals surface area contributed by atoms with Gasteiger partial charge in [0.05, 0.1) is 6.54 Å². The van der Waals surface area contributed by atoms with E-state index in [2.05, 4.69) is 37.4 Å². The maximum absolute atomic E-state index is 14.9. The van der Waals surface area contributed by atoms with Crippen molar-refractivity contribution < 1.29 is 13.2 Å². The van der Waals surface area contributed by atoms with Gasteiger partial charge in [0.25, 0.3) is 0 Å². The summed E-state index contributed by atoms with van der Waals surface area (Å²) in [5, 5.41) is 0.512. The van der Waals surface area contributed by atoms with Gasteiger partial charge in [-0.15, -0.1) is 11.3 Å². The Morgan fingerprint density at radius 1 is 1.28 bits per heavy atom. The molecule has 0 bridgehead atoms. The van der Waals surface area contributed by atoms with Gasteiger partial charge in [-0.1, -0.05) is 39.8 Å². The van der Waals surface area contributed by atoms with Gasteiger partial charge in [-0.25, -0.2) is 9.37 Å². The van der Waals surface area contributed by atoms with Gasteiger partial charge in [-0.05, 0) is 30.0 Å². The normalized spacial score (nSPS) is 12.7. The first-order valence-electron chi connectivity index (χ1n) is 9.53. The number of hydrogen-bond acceptors (Lipinski definition) is 4. The summed E-state index contributed by atoms with van der Waals surface area (Å²) in [5.74, 6) is 1.28. The largest absolute Gasteiger partial charge is 0.755 e. The molecule has 5 nitrogen and oxygen atoms in total. The standard InChI is InChI=1S/C21H26FN3O2S2/c1-13(2)9-17-11-18(21(28-17)24-29(26)27)15-5-6-16(19(22)10-15)12-25-8-7-23-20(25)14(3)4/h5-8,10-11,13-14,24H,9,12H2,1-4H3,(H,26,27)/p-1. The number of rotatable bonds is 8. The Kier molecular flexibility index (Phi) is 6.87. The highest BCUT2D eigenvalue weighted by molar-refractivity contribution is 7.80. The number of halogens is 1. The van der Waals surface area contributed by atoms with Crippen LogP contribution in [0.1, 0.15) is 49.9 Å². The molecule has 156 valence electrons. The predicted molar refractivity (Wildman–Crippen MR) is 116 cm³/mol. The van der Waals surface area contributed by atoms with E-state index < -0.39 is 11.3 Å². The molecule has 0 aliphatic carbocycles. The highest BCUT2D eigenvalue weighted by Crippen LogP contribution is 2.38. The number of aromatic nitrogens is 2. The van der Waals surface area contributed by atoms with E-state index in [0.29, 0.717) is 34.2 Å². The van der Waals surface area contributed by atoms with Crippen LogP contribution in [0.15, 0.2) is 36.7 Å². The molecule has 0 aliphatic heterocycles. The zero-order valence-electron chi connectivity index (χ0n) is 16.9. The number of nitrogens with one attached hydrogen (secondary N) is 1. The highest BCUT2D eigenvalue weighted by atomic mass is 32.2. The van der Waals surface area contributed by atoms with Crippen molar-refractivity contribution in [1.82, 2.24) is 9.55 Å². The van der Waals surface area contributed by atoms with E-state index >= 15 is 0 Å². The quantitative estimate of drug-likeness (QED) is 0.487. The van der Waals surface area contributed by atoms with E-state index in [0.717, 1.165) is 17.1 Å². The van der Waals surface area contributed by atoms with Crippen molar-refractivity contribution in [3.63, 3.8) is 0 Å². The van der Waals surface area contributed by atoms with E-state index in [1.54, 1.807) is 12.3 Å². The van der Waals surface area contributed by atoms with Crippen molar-refractivity contribution in [2.75, 3.05) is 4.72 Å². The summed E-state index contributed by atoms with van der Waals surface area (Å²) in [4.78, 5) is 5.41. The molecular weight excluding hydrogens is 409 g/mol. The van der Waals surface area contributed by atoms with Crippen molar-refractivity contribution in [2.24, 2.45) is 5.92 Å². The van der Waals surface area contributed by atoms with Gasteiger partial charge in [0.2, 0.25) is 0 Å². The first-order valence-corrected chi connectivity index (χ1v) is 11.4. The second kappa shape index (κ2) is 9.19. The van der Waals surface area contributed by atoms with E-state index in [4.69, 9.17) is 0 Å². The third-order valence-electron chi connectivity index (χ3n) is 4.54. The summed E-state index contributed by atoms with van der Waals surface area (Å²) in [6, 6.07) is 7.01. The number of hydrogen-bond donors (Lipinski definition) is 1. The maximum Gasteiger partial charge on any atom is 0.128 e. The van der Waals surface area contributed by atoms with Crippen molar-refractivity contribution in [3.8, 4) is 11.1 Å². The molecule has 1 N–H and O–H groups in total. The molecule has 0 spiro atoms. The van der Waals surface area contributed by atoms with Crippen molar-refractivity contribution >= 4 is 27.6 Å². The molecule has 1 atom stereocenters. The number of anilines is 1. The van der Waals surface area contributed by atoms with Crippen molar-refractivity contribution in [3.05, 3.63) is 58.7 Å². The Morgan fingerprint density at radius 3 is 2.66 bits per heavy atom. The fourth-order valence-corrected chi connectivity index (χ4v) is 5.07. The van der Waals surface area contributed by atoms with Crippen LogP contribution in [0.4, 0.5) is 9.39 Å². The molecule has 2 heterocycles.